The van der Waals surface area contributed by atoms with Gasteiger partial charge < -0.3 is 5.32 Å². The Morgan fingerprint density at radius 2 is 1.96 bits per heavy atom. The molecular formula is C17H24Cl3N3O. The van der Waals surface area contributed by atoms with Crippen LogP contribution in [0, 0.1) is 0 Å². The Bertz CT molecular complexity index is 559. The zero-order chi connectivity index (χ0) is 17.7. The van der Waals surface area contributed by atoms with Gasteiger partial charge in [0.2, 0.25) is 5.91 Å². The van der Waals surface area contributed by atoms with Crippen molar-refractivity contribution in [1.82, 2.24) is 9.80 Å². The van der Waals surface area contributed by atoms with Crippen molar-refractivity contribution in [3.05, 3.63) is 27.2 Å². The first-order valence-corrected chi connectivity index (χ1v) is 9.48. The number of nitrogens with one attached hydrogen (secondary N) is 1. The Labute approximate surface area is 159 Å². The van der Waals surface area contributed by atoms with Gasteiger partial charge in [0.05, 0.1) is 22.3 Å². The van der Waals surface area contributed by atoms with Gasteiger partial charge in [0.25, 0.3) is 0 Å². The van der Waals surface area contributed by atoms with Crippen molar-refractivity contribution in [3.8, 4) is 0 Å². The number of halogens is 3. The number of anilines is 1. The molecule has 0 bridgehead atoms. The highest BCUT2D eigenvalue weighted by molar-refractivity contribution is 6.42. The topological polar surface area (TPSA) is 35.6 Å². The van der Waals surface area contributed by atoms with Gasteiger partial charge >= 0.3 is 0 Å². The molecule has 1 aromatic rings. The van der Waals surface area contributed by atoms with Crippen molar-refractivity contribution in [1.29, 1.82) is 0 Å². The second-order valence-electron chi connectivity index (χ2n) is 6.04. The highest BCUT2D eigenvalue weighted by atomic mass is 35.5. The first-order chi connectivity index (χ1) is 11.4. The van der Waals surface area contributed by atoms with Gasteiger partial charge in [-0.3, -0.25) is 14.6 Å². The average Bonchev–Trinajstić information content (AvgIpc) is 2.97. The predicted octanol–water partition coefficient (Wildman–Crippen LogP) is 4.39. The van der Waals surface area contributed by atoms with E-state index in [0.29, 0.717) is 33.3 Å². The largest absolute Gasteiger partial charge is 0.322 e. The van der Waals surface area contributed by atoms with E-state index in [4.69, 9.17) is 34.8 Å². The molecule has 1 heterocycles. The zero-order valence-electron chi connectivity index (χ0n) is 14.1. The molecule has 1 aromatic carbocycles. The molecule has 134 valence electrons. The van der Waals surface area contributed by atoms with Crippen LogP contribution in [0.5, 0.6) is 0 Å². The third kappa shape index (κ3) is 5.24. The fourth-order valence-electron chi connectivity index (χ4n) is 3.17. The van der Waals surface area contributed by atoms with Crippen LogP contribution in [0.2, 0.25) is 15.1 Å². The maximum absolute atomic E-state index is 12.4. The van der Waals surface area contributed by atoms with Crippen LogP contribution in [0.15, 0.2) is 12.1 Å². The van der Waals surface area contributed by atoms with Gasteiger partial charge in [0.15, 0.2) is 0 Å². The summed E-state index contributed by atoms with van der Waals surface area (Å²) in [6, 6.07) is 3.67. The maximum atomic E-state index is 12.4. The first-order valence-electron chi connectivity index (χ1n) is 8.35. The van der Waals surface area contributed by atoms with Crippen molar-refractivity contribution < 1.29 is 4.79 Å². The molecule has 4 nitrogen and oxygen atoms in total. The third-order valence-corrected chi connectivity index (χ3v) is 5.27. The smallest absolute Gasteiger partial charge is 0.238 e. The molecule has 1 fully saturated rings. The van der Waals surface area contributed by atoms with Crippen LogP contribution in [0.4, 0.5) is 5.69 Å². The molecular weight excluding hydrogens is 369 g/mol. The number of hydrogen-bond donors (Lipinski definition) is 1. The number of rotatable bonds is 7. The quantitative estimate of drug-likeness (QED) is 0.747. The van der Waals surface area contributed by atoms with Gasteiger partial charge in [-0.15, -0.1) is 0 Å². The number of hydrogen-bond acceptors (Lipinski definition) is 3. The summed E-state index contributed by atoms with van der Waals surface area (Å²) >= 11 is 18.1. The molecule has 1 atom stereocenters. The van der Waals surface area contributed by atoms with Gasteiger partial charge in [-0.2, -0.15) is 0 Å². The number of nitrogens with zero attached hydrogens (tertiary/aromatic N) is 2. The van der Waals surface area contributed by atoms with E-state index in [1.165, 1.54) is 12.8 Å². The van der Waals surface area contributed by atoms with Crippen LogP contribution in [0.3, 0.4) is 0 Å². The fourth-order valence-corrected chi connectivity index (χ4v) is 4.08. The minimum Gasteiger partial charge on any atom is -0.322 e. The third-order valence-electron chi connectivity index (χ3n) is 4.46. The molecule has 1 saturated heterocycles. The summed E-state index contributed by atoms with van der Waals surface area (Å²) in [5, 5.41) is 3.94. The lowest BCUT2D eigenvalue weighted by atomic mass is 10.2. The van der Waals surface area contributed by atoms with E-state index in [-0.39, 0.29) is 5.91 Å². The van der Waals surface area contributed by atoms with Gasteiger partial charge in [-0.05, 0) is 44.6 Å². The number of carbonyl (C=O) groups excluding carboxylic acids is 1. The van der Waals surface area contributed by atoms with Crippen LogP contribution in [-0.2, 0) is 4.79 Å². The fraction of sp³-hybridized carbons (Fsp3) is 0.588. The van der Waals surface area contributed by atoms with Crippen molar-refractivity contribution in [2.75, 3.05) is 38.0 Å². The SMILES string of the molecule is CCN(CC(=O)Nc1c(Cl)cc(Cl)cc1Cl)C[C@@H]1CCCN1CC. The second-order valence-corrected chi connectivity index (χ2v) is 7.30. The lowest BCUT2D eigenvalue weighted by molar-refractivity contribution is -0.117. The molecule has 7 heteroatoms. The standard InChI is InChI=1S/C17H24Cl3N3O/c1-3-22(10-13-6-5-7-23(13)4-2)11-16(24)21-17-14(19)8-12(18)9-15(17)20/h8-9,13H,3-7,10-11H2,1-2H3,(H,21,24)/t13-/m0/s1. The molecule has 0 radical (unpaired) electrons. The van der Waals surface area contributed by atoms with Crippen molar-refractivity contribution in [3.63, 3.8) is 0 Å². The maximum Gasteiger partial charge on any atom is 0.238 e. The molecule has 0 saturated carbocycles. The molecule has 2 rings (SSSR count). The Balaban J connectivity index is 1.95. The van der Waals surface area contributed by atoms with E-state index in [1.807, 2.05) is 0 Å². The summed E-state index contributed by atoms with van der Waals surface area (Å²) < 4.78 is 0. The first kappa shape index (κ1) is 19.8. The summed E-state index contributed by atoms with van der Waals surface area (Å²) in [6.07, 6.45) is 2.43. The van der Waals surface area contributed by atoms with Gasteiger partial charge in [0.1, 0.15) is 0 Å². The summed E-state index contributed by atoms with van der Waals surface area (Å²) in [6.45, 7) is 8.52. The van der Waals surface area contributed by atoms with E-state index < -0.39 is 0 Å². The number of benzene rings is 1. The molecule has 1 N–H and O–H groups in total. The minimum atomic E-state index is -0.121. The lowest BCUT2D eigenvalue weighted by Crippen LogP contribution is -2.43. The van der Waals surface area contributed by atoms with Crippen molar-refractivity contribution in [2.24, 2.45) is 0 Å². The normalized spacial score (nSPS) is 18.3. The summed E-state index contributed by atoms with van der Waals surface area (Å²) in [5.74, 6) is -0.121. The summed E-state index contributed by atoms with van der Waals surface area (Å²) in [5.41, 5.74) is 0.417. The van der Waals surface area contributed by atoms with Crippen LogP contribution >= 0.6 is 34.8 Å². The summed E-state index contributed by atoms with van der Waals surface area (Å²) in [4.78, 5) is 17.0. The summed E-state index contributed by atoms with van der Waals surface area (Å²) in [7, 11) is 0. The highest BCUT2D eigenvalue weighted by Crippen LogP contribution is 2.33. The molecule has 0 spiro atoms. The molecule has 0 aliphatic carbocycles. The van der Waals surface area contributed by atoms with Gasteiger partial charge in [-0.1, -0.05) is 48.7 Å². The number of carbonyl (C=O) groups is 1. The Hall–Kier alpha value is -0.520. The van der Waals surface area contributed by atoms with Gasteiger partial charge in [-0.25, -0.2) is 0 Å². The van der Waals surface area contributed by atoms with Crippen molar-refractivity contribution >= 4 is 46.4 Å². The van der Waals surface area contributed by atoms with Crippen LogP contribution < -0.4 is 5.32 Å². The number of likely N-dealkylation sites (tertiary alicyclic amines) is 1. The second kappa shape index (κ2) is 9.25. The lowest BCUT2D eigenvalue weighted by Gasteiger charge is -2.29. The van der Waals surface area contributed by atoms with Crippen LogP contribution in [-0.4, -0.2) is 54.5 Å². The van der Waals surface area contributed by atoms with Crippen LogP contribution in [0.25, 0.3) is 0 Å². The predicted molar refractivity (Wildman–Crippen MR) is 102 cm³/mol. The van der Waals surface area contributed by atoms with Gasteiger partial charge in [0, 0.05) is 17.6 Å². The molecule has 1 amide bonds. The van der Waals surface area contributed by atoms with E-state index >= 15 is 0 Å². The van der Waals surface area contributed by atoms with E-state index in [9.17, 15) is 4.79 Å². The van der Waals surface area contributed by atoms with E-state index in [1.54, 1.807) is 12.1 Å². The molecule has 0 unspecified atom stereocenters. The number of amides is 1. The van der Waals surface area contributed by atoms with Crippen molar-refractivity contribution in [2.45, 2.75) is 32.7 Å². The number of likely N-dealkylation sites (N-methyl/N-ethyl adjacent to an activating group) is 2. The monoisotopic (exact) mass is 391 g/mol. The Kier molecular flexibility index (Phi) is 7.63. The molecule has 1 aliphatic rings. The minimum absolute atomic E-state index is 0.121. The molecule has 0 aromatic heterocycles. The van der Waals surface area contributed by atoms with Crippen LogP contribution in [0.1, 0.15) is 26.7 Å². The van der Waals surface area contributed by atoms with E-state index in [2.05, 4.69) is 29.0 Å². The highest BCUT2D eigenvalue weighted by Gasteiger charge is 2.25. The zero-order valence-corrected chi connectivity index (χ0v) is 16.4. The Morgan fingerprint density at radius 1 is 1.29 bits per heavy atom. The van der Waals surface area contributed by atoms with E-state index in [0.717, 1.165) is 26.2 Å². The average molecular weight is 393 g/mol. The Morgan fingerprint density at radius 3 is 2.54 bits per heavy atom. The molecule has 24 heavy (non-hydrogen) atoms. The molecule has 1 aliphatic heterocycles.